The Morgan fingerprint density at radius 3 is 2.25 bits per heavy atom. The highest BCUT2D eigenvalue weighted by Crippen LogP contribution is 2.68. The van der Waals surface area contributed by atoms with Gasteiger partial charge in [-0.3, -0.25) is 4.79 Å². The van der Waals surface area contributed by atoms with Crippen molar-refractivity contribution in [1.82, 2.24) is 0 Å². The lowest BCUT2D eigenvalue weighted by molar-refractivity contribution is -0.144. The summed E-state index contributed by atoms with van der Waals surface area (Å²) in [6.45, 7) is 7.06. The Labute approximate surface area is 195 Å². The molecule has 32 heavy (non-hydrogen) atoms. The molecule has 4 fully saturated rings. The zero-order valence-corrected chi connectivity index (χ0v) is 20.9. The minimum absolute atomic E-state index is 0.155. The molecule has 3 nitrogen and oxygen atoms in total. The number of benzene rings is 1. The number of carbonyl (C=O) groups is 1. The molecule has 0 saturated heterocycles. The fraction of sp³-hybridized carbons (Fsp3) is 0.759. The van der Waals surface area contributed by atoms with E-state index >= 15 is 0 Å². The van der Waals surface area contributed by atoms with Crippen LogP contribution in [0.4, 0.5) is 5.69 Å². The summed E-state index contributed by atoms with van der Waals surface area (Å²) >= 11 is 0. The molecule has 1 N–H and O–H groups in total. The zero-order valence-electron chi connectivity index (χ0n) is 20.9. The van der Waals surface area contributed by atoms with Gasteiger partial charge in [-0.2, -0.15) is 0 Å². The van der Waals surface area contributed by atoms with Gasteiger partial charge in [0.1, 0.15) is 0 Å². The summed E-state index contributed by atoms with van der Waals surface area (Å²) in [5.74, 6) is 3.47. The van der Waals surface area contributed by atoms with Gasteiger partial charge in [-0.15, -0.1) is 0 Å². The Balaban J connectivity index is 1.36. The molecule has 1 aromatic rings. The van der Waals surface area contributed by atoms with Crippen molar-refractivity contribution in [3.8, 4) is 0 Å². The smallest absolute Gasteiger partial charge is 0.166 e. The molecule has 1 aromatic carbocycles. The van der Waals surface area contributed by atoms with Gasteiger partial charge in [0.15, 0.2) is 5.78 Å². The minimum atomic E-state index is -0.465. The molecule has 0 heterocycles. The van der Waals surface area contributed by atoms with E-state index in [0.29, 0.717) is 23.0 Å². The second kappa shape index (κ2) is 7.58. The molecule has 4 saturated carbocycles. The molecule has 5 rings (SSSR count). The summed E-state index contributed by atoms with van der Waals surface area (Å²) < 4.78 is 0. The van der Waals surface area contributed by atoms with Gasteiger partial charge in [0.2, 0.25) is 0 Å². The summed E-state index contributed by atoms with van der Waals surface area (Å²) in [6, 6.07) is 8.25. The highest BCUT2D eigenvalue weighted by molar-refractivity contribution is 5.98. The van der Waals surface area contributed by atoms with Crippen molar-refractivity contribution in [2.24, 2.45) is 40.4 Å². The largest absolute Gasteiger partial charge is 0.390 e. The standard InChI is InChI=1S/C29H43NO2/c1-27(32)16-17-28(2)20(18-27)8-11-22-23-12-13-25(29(23,3)15-14-24(22)28)26(31)19-6-9-21(10-7-19)30(4)5/h6-7,9-10,20,22-25,32H,8,11-18H2,1-5H3/t20-,22+,23+,24+,25-,27-,28+,29+/m1/s1. The Morgan fingerprint density at radius 2 is 1.56 bits per heavy atom. The predicted molar refractivity (Wildman–Crippen MR) is 131 cm³/mol. The zero-order chi connectivity index (χ0) is 22.9. The lowest BCUT2D eigenvalue weighted by Crippen LogP contribution is -2.55. The van der Waals surface area contributed by atoms with Crippen LogP contribution >= 0.6 is 0 Å². The van der Waals surface area contributed by atoms with Gasteiger partial charge in [0.25, 0.3) is 0 Å². The molecule has 4 aliphatic rings. The molecule has 0 aliphatic heterocycles. The highest BCUT2D eigenvalue weighted by Gasteiger charge is 2.61. The summed E-state index contributed by atoms with van der Waals surface area (Å²) in [7, 11) is 4.08. The SMILES string of the molecule is CN(C)c1ccc(C(=O)[C@H]2CC[C@H]3[C@@H]4CC[C@@H]5C[C@](C)(O)CC[C@]5(C)[C@H]4CC[C@]23C)cc1. The number of nitrogens with zero attached hydrogens (tertiary/aromatic N) is 1. The third kappa shape index (κ3) is 3.37. The third-order valence-electron chi connectivity index (χ3n) is 10.9. The lowest BCUT2D eigenvalue weighted by Gasteiger charge is -2.61. The normalized spacial score (nSPS) is 45.5. The van der Waals surface area contributed by atoms with Crippen LogP contribution in [0.3, 0.4) is 0 Å². The maximum Gasteiger partial charge on any atom is 0.166 e. The van der Waals surface area contributed by atoms with Gasteiger partial charge in [0, 0.05) is 31.3 Å². The van der Waals surface area contributed by atoms with Crippen LogP contribution in [0, 0.1) is 40.4 Å². The average molecular weight is 438 g/mol. The Bertz CT molecular complexity index is 874. The molecule has 0 unspecified atom stereocenters. The first-order valence-electron chi connectivity index (χ1n) is 13.1. The molecule has 176 valence electrons. The number of hydrogen-bond donors (Lipinski definition) is 1. The molecule has 0 amide bonds. The quantitative estimate of drug-likeness (QED) is 0.561. The molecule has 8 atom stereocenters. The Morgan fingerprint density at radius 1 is 0.875 bits per heavy atom. The predicted octanol–water partition coefficient (Wildman–Crippen LogP) is 6.35. The van der Waals surface area contributed by atoms with Gasteiger partial charge < -0.3 is 10.0 Å². The molecule has 0 aromatic heterocycles. The van der Waals surface area contributed by atoms with Crippen molar-refractivity contribution >= 4 is 11.5 Å². The van der Waals surface area contributed by atoms with Gasteiger partial charge in [-0.25, -0.2) is 0 Å². The molecule has 4 aliphatic carbocycles. The fourth-order valence-corrected chi connectivity index (χ4v) is 8.99. The van der Waals surface area contributed by atoms with Gasteiger partial charge >= 0.3 is 0 Å². The van der Waals surface area contributed by atoms with Crippen LogP contribution in [0.5, 0.6) is 0 Å². The Hall–Kier alpha value is -1.35. The molecular weight excluding hydrogens is 394 g/mol. The fourth-order valence-electron chi connectivity index (χ4n) is 8.99. The van der Waals surface area contributed by atoms with Crippen LogP contribution < -0.4 is 4.90 Å². The summed E-state index contributed by atoms with van der Waals surface area (Å²) in [5.41, 5.74) is 2.12. The van der Waals surface area contributed by atoms with Gasteiger partial charge in [-0.1, -0.05) is 13.8 Å². The number of Topliss-reactive ketones (excluding diaryl/α,β-unsaturated/α-hetero) is 1. The highest BCUT2D eigenvalue weighted by atomic mass is 16.3. The van der Waals surface area contributed by atoms with E-state index in [2.05, 4.69) is 37.8 Å². The van der Waals surface area contributed by atoms with Crippen LogP contribution in [0.15, 0.2) is 24.3 Å². The maximum atomic E-state index is 13.7. The van der Waals surface area contributed by atoms with Crippen molar-refractivity contribution in [1.29, 1.82) is 0 Å². The second-order valence-corrected chi connectivity index (χ2v) is 12.8. The van der Waals surface area contributed by atoms with E-state index in [4.69, 9.17) is 0 Å². The first-order chi connectivity index (χ1) is 15.1. The van der Waals surface area contributed by atoms with Gasteiger partial charge in [-0.05, 0) is 123 Å². The van der Waals surface area contributed by atoms with E-state index in [-0.39, 0.29) is 11.3 Å². The van der Waals surface area contributed by atoms with Crippen LogP contribution in [-0.4, -0.2) is 30.6 Å². The van der Waals surface area contributed by atoms with Crippen molar-refractivity contribution in [3.05, 3.63) is 29.8 Å². The second-order valence-electron chi connectivity index (χ2n) is 12.8. The van der Waals surface area contributed by atoms with Crippen LogP contribution in [0.25, 0.3) is 0 Å². The van der Waals surface area contributed by atoms with Crippen LogP contribution in [0.1, 0.15) is 88.9 Å². The Kier molecular flexibility index (Phi) is 5.32. The summed E-state index contributed by atoms with van der Waals surface area (Å²) in [5, 5.41) is 10.7. The number of rotatable bonds is 3. The minimum Gasteiger partial charge on any atom is -0.390 e. The number of ketones is 1. The third-order valence-corrected chi connectivity index (χ3v) is 10.9. The number of aliphatic hydroxyl groups is 1. The van der Waals surface area contributed by atoms with Crippen molar-refractivity contribution in [3.63, 3.8) is 0 Å². The number of carbonyl (C=O) groups excluding carboxylic acids is 1. The van der Waals surface area contributed by atoms with Crippen molar-refractivity contribution in [2.75, 3.05) is 19.0 Å². The molecule has 0 bridgehead atoms. The number of hydrogen-bond acceptors (Lipinski definition) is 3. The molecule has 3 heteroatoms. The molecule has 0 spiro atoms. The van der Waals surface area contributed by atoms with E-state index in [1.165, 1.54) is 38.5 Å². The monoisotopic (exact) mass is 437 g/mol. The van der Waals surface area contributed by atoms with Crippen molar-refractivity contribution < 1.29 is 9.90 Å². The van der Waals surface area contributed by atoms with E-state index in [0.717, 1.165) is 42.3 Å². The van der Waals surface area contributed by atoms with E-state index < -0.39 is 5.60 Å². The number of anilines is 1. The lowest BCUT2D eigenvalue weighted by atomic mass is 9.44. The van der Waals surface area contributed by atoms with E-state index in [9.17, 15) is 9.90 Å². The molecule has 0 radical (unpaired) electrons. The number of fused-ring (bicyclic) bond motifs is 5. The van der Waals surface area contributed by atoms with Crippen LogP contribution in [-0.2, 0) is 0 Å². The average Bonchev–Trinajstić information content (AvgIpc) is 3.11. The van der Waals surface area contributed by atoms with Gasteiger partial charge in [0.05, 0.1) is 5.60 Å². The molecular formula is C29H43NO2. The van der Waals surface area contributed by atoms with E-state index in [1.54, 1.807) is 0 Å². The topological polar surface area (TPSA) is 40.5 Å². The first-order valence-corrected chi connectivity index (χ1v) is 13.1. The first kappa shape index (κ1) is 22.4. The maximum absolute atomic E-state index is 13.7. The van der Waals surface area contributed by atoms with Crippen LogP contribution in [0.2, 0.25) is 0 Å². The summed E-state index contributed by atoms with van der Waals surface area (Å²) in [4.78, 5) is 15.8. The summed E-state index contributed by atoms with van der Waals surface area (Å²) in [6.07, 6.45) is 10.4. The van der Waals surface area contributed by atoms with Crippen molar-refractivity contribution in [2.45, 2.75) is 84.2 Å². The van der Waals surface area contributed by atoms with E-state index in [1.807, 2.05) is 26.2 Å².